The third kappa shape index (κ3) is 4.61. The fraction of sp³-hybridized carbons (Fsp3) is 0.607. The average molecular weight is 494 g/mol. The number of fused-ring (bicyclic) bond motifs is 4. The lowest BCUT2D eigenvalue weighted by molar-refractivity contribution is -0.167. The van der Waals surface area contributed by atoms with Gasteiger partial charge in [0.2, 0.25) is 5.88 Å². The number of anilines is 1. The molecule has 0 amide bonds. The van der Waals surface area contributed by atoms with E-state index in [1.165, 1.54) is 24.7 Å². The van der Waals surface area contributed by atoms with E-state index in [2.05, 4.69) is 32.3 Å². The Balaban J connectivity index is 1.04. The molecular weight excluding hydrogens is 457 g/mol. The van der Waals surface area contributed by atoms with Crippen LogP contribution in [0.25, 0.3) is 0 Å². The van der Waals surface area contributed by atoms with Crippen LogP contribution in [0.3, 0.4) is 0 Å². The van der Waals surface area contributed by atoms with Crippen molar-refractivity contribution in [2.45, 2.75) is 81.1 Å². The summed E-state index contributed by atoms with van der Waals surface area (Å²) < 4.78 is 26.7. The van der Waals surface area contributed by atoms with Gasteiger partial charge in [0.15, 0.2) is 0 Å². The number of hydrogen-bond donors (Lipinski definition) is 1. The summed E-state index contributed by atoms with van der Waals surface area (Å²) in [7, 11) is 1.58. The first-order valence-corrected chi connectivity index (χ1v) is 13.4. The maximum absolute atomic E-state index is 14.9. The van der Waals surface area contributed by atoms with Gasteiger partial charge in [-0.15, -0.1) is 0 Å². The van der Waals surface area contributed by atoms with Crippen LogP contribution in [0, 0.1) is 0 Å². The quantitative estimate of drug-likeness (QED) is 0.566. The number of rotatable bonds is 8. The summed E-state index contributed by atoms with van der Waals surface area (Å²) >= 11 is 0. The van der Waals surface area contributed by atoms with Crippen LogP contribution in [0.1, 0.15) is 68.7 Å². The molecule has 5 aliphatic rings. The predicted octanol–water partition coefficient (Wildman–Crippen LogP) is 4.87. The van der Waals surface area contributed by atoms with E-state index in [9.17, 15) is 4.39 Å². The molecule has 2 atom stereocenters. The van der Waals surface area contributed by atoms with Crippen LogP contribution in [-0.2, 0) is 11.3 Å². The van der Waals surface area contributed by atoms with Gasteiger partial charge >= 0.3 is 0 Å². The maximum atomic E-state index is 14.9. The van der Waals surface area contributed by atoms with Crippen molar-refractivity contribution in [3.63, 3.8) is 0 Å². The third-order valence-electron chi connectivity index (χ3n) is 8.79. The Morgan fingerprint density at radius 3 is 2.67 bits per heavy atom. The fourth-order valence-electron chi connectivity index (χ4n) is 6.34. The van der Waals surface area contributed by atoms with E-state index < -0.39 is 6.17 Å². The smallest absolute Gasteiger partial charge is 0.213 e. The third-order valence-corrected chi connectivity index (χ3v) is 8.79. The van der Waals surface area contributed by atoms with Crippen molar-refractivity contribution in [1.82, 2.24) is 15.3 Å². The van der Waals surface area contributed by atoms with Crippen LogP contribution < -0.4 is 15.0 Å². The molecule has 1 saturated carbocycles. The van der Waals surface area contributed by atoms with E-state index in [-0.39, 0.29) is 17.1 Å². The van der Waals surface area contributed by atoms with Crippen molar-refractivity contribution in [3.8, 4) is 5.88 Å². The summed E-state index contributed by atoms with van der Waals surface area (Å²) in [6.45, 7) is 3.73. The van der Waals surface area contributed by atoms with Crippen LogP contribution >= 0.6 is 0 Å². The number of methoxy groups -OCH3 is 1. The monoisotopic (exact) mass is 493 g/mol. The zero-order chi connectivity index (χ0) is 24.6. The molecule has 1 aliphatic carbocycles. The maximum Gasteiger partial charge on any atom is 0.213 e. The number of aromatic nitrogens is 2. The Hall–Kier alpha value is -2.58. The predicted molar refractivity (Wildman–Crippen MR) is 138 cm³/mol. The SMILES string of the molecule is COc1ccc2c(n1)C(CCC13CCC(NCc4ccc(N5CCCC5)cn4)(CC1)CO3)C(F)C=N2. The Bertz CT molecular complexity index is 1080. The zero-order valence-electron chi connectivity index (χ0n) is 21.1. The first-order valence-electron chi connectivity index (χ1n) is 13.4. The number of pyridine rings is 2. The van der Waals surface area contributed by atoms with Gasteiger partial charge in [-0.1, -0.05) is 0 Å². The highest BCUT2D eigenvalue weighted by molar-refractivity contribution is 5.73. The van der Waals surface area contributed by atoms with E-state index in [0.29, 0.717) is 24.6 Å². The Morgan fingerprint density at radius 2 is 1.97 bits per heavy atom. The van der Waals surface area contributed by atoms with Gasteiger partial charge < -0.3 is 19.7 Å². The average Bonchev–Trinajstić information content (AvgIpc) is 3.48. The molecule has 7 rings (SSSR count). The first-order chi connectivity index (χ1) is 17.6. The summed E-state index contributed by atoms with van der Waals surface area (Å²) in [4.78, 5) is 15.9. The summed E-state index contributed by atoms with van der Waals surface area (Å²) in [5.74, 6) is 0.191. The Kier molecular flexibility index (Phi) is 6.42. The molecule has 2 aromatic heterocycles. The largest absolute Gasteiger partial charge is 0.481 e. The summed E-state index contributed by atoms with van der Waals surface area (Å²) in [6.07, 6.45) is 10.5. The summed E-state index contributed by atoms with van der Waals surface area (Å²) in [6, 6.07) is 7.99. The van der Waals surface area contributed by atoms with Gasteiger partial charge in [0.05, 0.1) is 48.3 Å². The molecule has 2 bridgehead atoms. The molecule has 2 unspecified atom stereocenters. The number of alkyl halides is 1. The normalized spacial score (nSPS) is 31.0. The van der Waals surface area contributed by atoms with E-state index in [4.69, 9.17) is 14.5 Å². The molecule has 192 valence electrons. The van der Waals surface area contributed by atoms with Gasteiger partial charge in [0.25, 0.3) is 0 Å². The Morgan fingerprint density at radius 1 is 1.14 bits per heavy atom. The van der Waals surface area contributed by atoms with E-state index in [0.717, 1.165) is 63.1 Å². The number of aliphatic imine (C=N–C) groups is 1. The van der Waals surface area contributed by atoms with Gasteiger partial charge in [-0.25, -0.2) is 9.37 Å². The number of nitrogens with one attached hydrogen (secondary N) is 1. The number of nitrogens with zero attached hydrogens (tertiary/aromatic N) is 4. The van der Waals surface area contributed by atoms with Crippen LogP contribution in [0.15, 0.2) is 35.5 Å². The van der Waals surface area contributed by atoms with Crippen molar-refractivity contribution in [1.29, 1.82) is 0 Å². The van der Waals surface area contributed by atoms with Gasteiger partial charge in [0.1, 0.15) is 6.17 Å². The van der Waals surface area contributed by atoms with Gasteiger partial charge in [-0.05, 0) is 69.6 Å². The van der Waals surface area contributed by atoms with Crippen LogP contribution in [-0.4, -0.2) is 60.3 Å². The van der Waals surface area contributed by atoms with Crippen molar-refractivity contribution in [2.75, 3.05) is 31.7 Å². The molecule has 4 fully saturated rings. The minimum absolute atomic E-state index is 0.0126. The molecule has 2 aromatic rings. The molecule has 1 N–H and O–H groups in total. The fourth-order valence-corrected chi connectivity index (χ4v) is 6.34. The molecule has 7 nitrogen and oxygen atoms in total. The minimum Gasteiger partial charge on any atom is -0.481 e. The standard InChI is InChI=1S/C28H36FN5O2/c1-35-25-7-6-24-26(33-25)22(23(29)18-31-24)8-9-28-12-10-27(11-13-28,19-36-28)32-16-20-4-5-21(17-30-20)34-14-2-3-15-34/h4-7,17-18,22-23,32H,2-3,8-16,19H2,1H3. The van der Waals surface area contributed by atoms with Gasteiger partial charge in [-0.2, -0.15) is 0 Å². The molecule has 3 saturated heterocycles. The first kappa shape index (κ1) is 23.8. The second-order valence-corrected chi connectivity index (χ2v) is 10.9. The van der Waals surface area contributed by atoms with Crippen LogP contribution in [0.4, 0.5) is 15.8 Å². The molecule has 4 aliphatic heterocycles. The molecule has 36 heavy (non-hydrogen) atoms. The molecule has 0 spiro atoms. The second-order valence-electron chi connectivity index (χ2n) is 10.9. The van der Waals surface area contributed by atoms with Crippen molar-refractivity contribution >= 4 is 17.6 Å². The van der Waals surface area contributed by atoms with Gasteiger partial charge in [-0.3, -0.25) is 9.98 Å². The molecule has 8 heteroatoms. The van der Waals surface area contributed by atoms with Crippen molar-refractivity contribution in [3.05, 3.63) is 41.9 Å². The summed E-state index contributed by atoms with van der Waals surface area (Å²) in [5.41, 5.74) is 3.60. The number of ether oxygens (including phenoxy) is 2. The van der Waals surface area contributed by atoms with E-state index >= 15 is 0 Å². The van der Waals surface area contributed by atoms with Crippen LogP contribution in [0.5, 0.6) is 5.88 Å². The van der Waals surface area contributed by atoms with Crippen molar-refractivity contribution < 1.29 is 13.9 Å². The Labute approximate surface area is 212 Å². The zero-order valence-corrected chi connectivity index (χ0v) is 21.1. The lowest BCUT2D eigenvalue weighted by Gasteiger charge is -2.54. The van der Waals surface area contributed by atoms with E-state index in [1.807, 2.05) is 12.3 Å². The van der Waals surface area contributed by atoms with Crippen molar-refractivity contribution in [2.24, 2.45) is 4.99 Å². The lowest BCUT2D eigenvalue weighted by atomic mass is 9.68. The van der Waals surface area contributed by atoms with Crippen LogP contribution in [0.2, 0.25) is 0 Å². The highest BCUT2D eigenvalue weighted by atomic mass is 19.1. The molecule has 6 heterocycles. The number of halogens is 1. The second kappa shape index (κ2) is 9.71. The topological polar surface area (TPSA) is 71.9 Å². The van der Waals surface area contributed by atoms with E-state index in [1.54, 1.807) is 13.2 Å². The minimum atomic E-state index is -1.13. The number of hydrogen-bond acceptors (Lipinski definition) is 7. The molecule has 0 radical (unpaired) electrons. The molecule has 0 aromatic carbocycles. The highest BCUT2D eigenvalue weighted by Gasteiger charge is 2.49. The lowest BCUT2D eigenvalue weighted by Crippen LogP contribution is -2.61. The highest BCUT2D eigenvalue weighted by Crippen LogP contribution is 2.48. The van der Waals surface area contributed by atoms with Gasteiger partial charge in [0, 0.05) is 43.4 Å². The molecular formula is C28H36FN5O2. The summed E-state index contributed by atoms with van der Waals surface area (Å²) in [5, 5.41) is 3.78.